The third-order valence-electron chi connectivity index (χ3n) is 3.92. The number of nitrogens with zero attached hydrogens (tertiary/aromatic N) is 2. The van der Waals surface area contributed by atoms with Crippen LogP contribution in [0.4, 0.5) is 11.6 Å². The van der Waals surface area contributed by atoms with Crippen LogP contribution in [-0.4, -0.2) is 33.6 Å². The molecule has 0 amide bonds. The first kappa shape index (κ1) is 16.4. The highest BCUT2D eigenvalue weighted by atomic mass is 32.2. The van der Waals surface area contributed by atoms with Gasteiger partial charge in [0.15, 0.2) is 0 Å². The van der Waals surface area contributed by atoms with Crippen LogP contribution in [-0.2, 0) is 6.42 Å². The highest BCUT2D eigenvalue weighted by Gasteiger charge is 2.25. The summed E-state index contributed by atoms with van der Waals surface area (Å²) in [7, 11) is 0. The minimum Gasteiger partial charge on any atom is -0.370 e. The van der Waals surface area contributed by atoms with E-state index in [1.165, 1.54) is 30.6 Å². The molecule has 2 atom stereocenters. The van der Waals surface area contributed by atoms with Crippen molar-refractivity contribution in [3.05, 3.63) is 11.9 Å². The molecule has 0 saturated heterocycles. The SMILES string of the molecule is CCCc1c(NCC)ncnc1NC1CCC(SCC)C1. The van der Waals surface area contributed by atoms with Crippen molar-refractivity contribution < 1.29 is 0 Å². The van der Waals surface area contributed by atoms with E-state index in [4.69, 9.17) is 0 Å². The Hall–Kier alpha value is -0.970. The van der Waals surface area contributed by atoms with Crippen LogP contribution in [0.1, 0.15) is 52.0 Å². The molecule has 0 spiro atoms. The summed E-state index contributed by atoms with van der Waals surface area (Å²) in [5.41, 5.74) is 1.24. The van der Waals surface area contributed by atoms with Gasteiger partial charge in [0.2, 0.25) is 0 Å². The molecule has 0 radical (unpaired) electrons. The third kappa shape index (κ3) is 4.50. The third-order valence-corrected chi connectivity index (χ3v) is 5.15. The van der Waals surface area contributed by atoms with Gasteiger partial charge >= 0.3 is 0 Å². The zero-order valence-electron chi connectivity index (χ0n) is 13.5. The Balaban J connectivity index is 2.07. The molecule has 4 nitrogen and oxygen atoms in total. The minimum absolute atomic E-state index is 0.564. The Bertz CT molecular complexity index is 438. The molecular formula is C16H28N4S. The molecule has 2 rings (SSSR count). The van der Waals surface area contributed by atoms with Gasteiger partial charge < -0.3 is 10.6 Å². The van der Waals surface area contributed by atoms with Gasteiger partial charge in [-0.25, -0.2) is 9.97 Å². The lowest BCUT2D eigenvalue weighted by atomic mass is 10.1. The van der Waals surface area contributed by atoms with Crippen molar-refractivity contribution in [2.45, 2.75) is 64.2 Å². The molecule has 2 N–H and O–H groups in total. The minimum atomic E-state index is 0.564. The van der Waals surface area contributed by atoms with Crippen molar-refractivity contribution in [1.29, 1.82) is 0 Å². The van der Waals surface area contributed by atoms with E-state index in [2.05, 4.69) is 53.1 Å². The monoisotopic (exact) mass is 308 g/mol. The molecule has 5 heteroatoms. The van der Waals surface area contributed by atoms with Crippen LogP contribution in [0.2, 0.25) is 0 Å². The van der Waals surface area contributed by atoms with Crippen LogP contribution in [0.3, 0.4) is 0 Å². The average molecular weight is 308 g/mol. The number of thioether (sulfide) groups is 1. The number of anilines is 2. The Morgan fingerprint density at radius 1 is 1.19 bits per heavy atom. The van der Waals surface area contributed by atoms with Gasteiger partial charge in [-0.2, -0.15) is 11.8 Å². The van der Waals surface area contributed by atoms with Crippen LogP contribution in [0.25, 0.3) is 0 Å². The van der Waals surface area contributed by atoms with Crippen LogP contribution < -0.4 is 10.6 Å². The lowest BCUT2D eigenvalue weighted by molar-refractivity contribution is 0.746. The maximum Gasteiger partial charge on any atom is 0.134 e. The van der Waals surface area contributed by atoms with Crippen molar-refractivity contribution in [3.8, 4) is 0 Å². The van der Waals surface area contributed by atoms with Gasteiger partial charge in [0.1, 0.15) is 18.0 Å². The largest absolute Gasteiger partial charge is 0.370 e. The average Bonchev–Trinajstić information content (AvgIpc) is 2.90. The summed E-state index contributed by atoms with van der Waals surface area (Å²) in [5, 5.41) is 7.85. The number of hydrogen-bond donors (Lipinski definition) is 2. The molecule has 1 aromatic rings. The van der Waals surface area contributed by atoms with Gasteiger partial charge in [0.05, 0.1) is 0 Å². The zero-order chi connectivity index (χ0) is 15.1. The van der Waals surface area contributed by atoms with Gasteiger partial charge in [-0.15, -0.1) is 0 Å². The second-order valence-corrected chi connectivity index (χ2v) is 7.14. The predicted octanol–water partition coefficient (Wildman–Crippen LogP) is 3.95. The number of aromatic nitrogens is 2. The Morgan fingerprint density at radius 2 is 2.00 bits per heavy atom. The molecule has 1 aromatic heterocycles. The fourth-order valence-electron chi connectivity index (χ4n) is 2.99. The molecule has 1 aliphatic carbocycles. The van der Waals surface area contributed by atoms with Gasteiger partial charge in [0, 0.05) is 23.4 Å². The van der Waals surface area contributed by atoms with Gasteiger partial charge in [-0.1, -0.05) is 20.3 Å². The van der Waals surface area contributed by atoms with E-state index in [1.54, 1.807) is 6.33 Å². The summed E-state index contributed by atoms with van der Waals surface area (Å²) < 4.78 is 0. The standard InChI is InChI=1S/C16H28N4S/c1-4-7-14-15(17-5-2)18-11-19-16(14)20-12-8-9-13(10-12)21-6-3/h11-13H,4-10H2,1-3H3,(H2,17,18,19,20). The Morgan fingerprint density at radius 3 is 2.71 bits per heavy atom. The van der Waals surface area contributed by atoms with Gasteiger partial charge in [0.25, 0.3) is 0 Å². The van der Waals surface area contributed by atoms with E-state index < -0.39 is 0 Å². The van der Waals surface area contributed by atoms with Crippen molar-refractivity contribution in [1.82, 2.24) is 9.97 Å². The fraction of sp³-hybridized carbons (Fsp3) is 0.750. The van der Waals surface area contributed by atoms with Crippen molar-refractivity contribution in [2.75, 3.05) is 22.9 Å². The number of nitrogens with one attached hydrogen (secondary N) is 2. The predicted molar refractivity (Wildman–Crippen MR) is 93.4 cm³/mol. The highest BCUT2D eigenvalue weighted by Crippen LogP contribution is 2.32. The number of rotatable bonds is 8. The highest BCUT2D eigenvalue weighted by molar-refractivity contribution is 7.99. The molecular weight excluding hydrogens is 280 g/mol. The zero-order valence-corrected chi connectivity index (χ0v) is 14.3. The van der Waals surface area contributed by atoms with Crippen molar-refractivity contribution >= 4 is 23.4 Å². The van der Waals surface area contributed by atoms with E-state index in [0.717, 1.165) is 36.3 Å². The van der Waals surface area contributed by atoms with Crippen LogP contribution >= 0.6 is 11.8 Å². The normalized spacial score (nSPS) is 21.5. The maximum atomic E-state index is 4.51. The smallest absolute Gasteiger partial charge is 0.134 e. The van der Waals surface area contributed by atoms with Gasteiger partial charge in [-0.05, 0) is 38.4 Å². The molecule has 1 heterocycles. The van der Waals surface area contributed by atoms with Gasteiger partial charge in [-0.3, -0.25) is 0 Å². The quantitative estimate of drug-likeness (QED) is 0.761. The first-order chi connectivity index (χ1) is 10.3. The summed E-state index contributed by atoms with van der Waals surface area (Å²) in [6.45, 7) is 7.45. The van der Waals surface area contributed by atoms with E-state index in [0.29, 0.717) is 6.04 Å². The van der Waals surface area contributed by atoms with E-state index >= 15 is 0 Å². The van der Waals surface area contributed by atoms with Crippen molar-refractivity contribution in [3.63, 3.8) is 0 Å². The first-order valence-electron chi connectivity index (χ1n) is 8.24. The first-order valence-corrected chi connectivity index (χ1v) is 9.29. The maximum absolute atomic E-state index is 4.51. The second-order valence-electron chi connectivity index (χ2n) is 5.56. The lowest BCUT2D eigenvalue weighted by Gasteiger charge is -2.18. The second kappa shape index (κ2) is 8.47. The molecule has 1 fully saturated rings. The summed E-state index contributed by atoms with van der Waals surface area (Å²) in [6.07, 6.45) is 7.64. The molecule has 2 unspecified atom stereocenters. The molecule has 0 aromatic carbocycles. The number of hydrogen-bond acceptors (Lipinski definition) is 5. The lowest BCUT2D eigenvalue weighted by Crippen LogP contribution is -2.19. The molecule has 1 aliphatic rings. The summed E-state index contributed by atoms with van der Waals surface area (Å²) >= 11 is 2.09. The topological polar surface area (TPSA) is 49.8 Å². The Kier molecular flexibility index (Phi) is 6.61. The van der Waals surface area contributed by atoms with E-state index in [1.807, 2.05) is 0 Å². The molecule has 1 saturated carbocycles. The summed E-state index contributed by atoms with van der Waals surface area (Å²) in [4.78, 5) is 8.91. The summed E-state index contributed by atoms with van der Waals surface area (Å²) in [6, 6.07) is 0.564. The van der Waals surface area contributed by atoms with Crippen LogP contribution in [0.15, 0.2) is 6.33 Å². The van der Waals surface area contributed by atoms with E-state index in [9.17, 15) is 0 Å². The summed E-state index contributed by atoms with van der Waals surface area (Å²) in [5.74, 6) is 3.25. The molecule has 0 bridgehead atoms. The van der Waals surface area contributed by atoms with Crippen LogP contribution in [0, 0.1) is 0 Å². The Labute approximate surface area is 132 Å². The fourth-order valence-corrected chi connectivity index (χ4v) is 4.14. The van der Waals surface area contributed by atoms with E-state index in [-0.39, 0.29) is 0 Å². The van der Waals surface area contributed by atoms with Crippen LogP contribution in [0.5, 0.6) is 0 Å². The molecule has 21 heavy (non-hydrogen) atoms. The molecule has 118 valence electrons. The van der Waals surface area contributed by atoms with Crippen molar-refractivity contribution in [2.24, 2.45) is 0 Å². The molecule has 0 aliphatic heterocycles.